The second kappa shape index (κ2) is 7.26. The fourth-order valence-electron chi connectivity index (χ4n) is 3.60. The van der Waals surface area contributed by atoms with Crippen molar-refractivity contribution in [1.29, 1.82) is 0 Å². The van der Waals surface area contributed by atoms with Gasteiger partial charge in [-0.2, -0.15) is 0 Å². The predicted molar refractivity (Wildman–Crippen MR) is 92.5 cm³/mol. The van der Waals surface area contributed by atoms with Crippen molar-refractivity contribution in [1.82, 2.24) is 4.90 Å². The van der Waals surface area contributed by atoms with Crippen LogP contribution in [-0.2, 0) is 14.3 Å². The number of hydrogen-bond acceptors (Lipinski definition) is 4. The molecule has 0 unspecified atom stereocenters. The first-order chi connectivity index (χ1) is 11.1. The molecule has 2 fully saturated rings. The maximum atomic E-state index is 12.8. The number of hydrogen-bond donors (Lipinski definition) is 0. The van der Waals surface area contributed by atoms with Gasteiger partial charge >= 0.3 is 6.09 Å². The minimum absolute atomic E-state index is 0.107. The minimum Gasteiger partial charge on any atom is -0.447 e. The van der Waals surface area contributed by atoms with E-state index in [4.69, 9.17) is 9.47 Å². The second-order valence-electron chi connectivity index (χ2n) is 8.32. The summed E-state index contributed by atoms with van der Waals surface area (Å²) in [5.41, 5.74) is -0.209. The number of ether oxygens (including phenoxy) is 2. The molecule has 5 atom stereocenters. The van der Waals surface area contributed by atoms with Gasteiger partial charge in [-0.25, -0.2) is 9.69 Å². The van der Waals surface area contributed by atoms with E-state index in [0.29, 0.717) is 5.92 Å². The first kappa shape index (κ1) is 19.0. The van der Waals surface area contributed by atoms with Crippen LogP contribution in [0.3, 0.4) is 0 Å². The fourth-order valence-corrected chi connectivity index (χ4v) is 3.60. The molecule has 0 saturated carbocycles. The molecule has 0 aromatic rings. The average molecular weight is 337 g/mol. The minimum atomic E-state index is -0.529. The van der Waals surface area contributed by atoms with Crippen molar-refractivity contribution >= 4 is 12.0 Å². The smallest absolute Gasteiger partial charge is 0.416 e. The van der Waals surface area contributed by atoms with Crippen molar-refractivity contribution in [3.8, 4) is 0 Å². The summed E-state index contributed by atoms with van der Waals surface area (Å²) in [7, 11) is 0. The van der Waals surface area contributed by atoms with Crippen LogP contribution in [0.5, 0.6) is 0 Å². The molecule has 5 nitrogen and oxygen atoms in total. The third-order valence-corrected chi connectivity index (χ3v) is 5.43. The normalized spacial score (nSPS) is 34.1. The number of imide groups is 1. The summed E-state index contributed by atoms with van der Waals surface area (Å²) < 4.78 is 11.3. The largest absolute Gasteiger partial charge is 0.447 e. The van der Waals surface area contributed by atoms with Crippen LogP contribution in [0.4, 0.5) is 4.79 Å². The zero-order valence-electron chi connectivity index (χ0n) is 15.6. The lowest BCUT2D eigenvalue weighted by Crippen LogP contribution is -2.48. The van der Waals surface area contributed by atoms with Crippen molar-refractivity contribution in [2.45, 2.75) is 72.1 Å². The van der Waals surface area contributed by atoms with Gasteiger partial charge in [0, 0.05) is 0 Å². The summed E-state index contributed by atoms with van der Waals surface area (Å²) >= 11 is 0. The van der Waals surface area contributed by atoms with Gasteiger partial charge in [0.15, 0.2) is 0 Å². The van der Waals surface area contributed by atoms with Crippen LogP contribution < -0.4 is 0 Å². The topological polar surface area (TPSA) is 55.8 Å². The lowest BCUT2D eigenvalue weighted by Gasteiger charge is -2.39. The summed E-state index contributed by atoms with van der Waals surface area (Å²) in [5.74, 6) is 0.563. The van der Waals surface area contributed by atoms with E-state index in [1.807, 2.05) is 26.8 Å². The van der Waals surface area contributed by atoms with Crippen LogP contribution in [0, 0.1) is 17.3 Å². The molecule has 0 aromatic carbocycles. The molecule has 2 aliphatic heterocycles. The Balaban J connectivity index is 2.09. The lowest BCUT2D eigenvalue weighted by atomic mass is 9.81. The van der Waals surface area contributed by atoms with Crippen molar-refractivity contribution in [3.05, 3.63) is 12.7 Å². The van der Waals surface area contributed by atoms with Gasteiger partial charge in [-0.3, -0.25) is 4.79 Å². The van der Waals surface area contributed by atoms with Gasteiger partial charge in [-0.1, -0.05) is 40.7 Å². The Morgan fingerprint density at radius 2 is 2.04 bits per heavy atom. The third kappa shape index (κ3) is 4.00. The van der Waals surface area contributed by atoms with Crippen LogP contribution in [0.2, 0.25) is 0 Å². The summed E-state index contributed by atoms with van der Waals surface area (Å²) in [6, 6.07) is -0.224. The number of cyclic esters (lactones) is 1. The van der Waals surface area contributed by atoms with E-state index in [1.54, 1.807) is 0 Å². The number of carbonyl (C=O) groups is 2. The van der Waals surface area contributed by atoms with Crippen molar-refractivity contribution in [2.75, 3.05) is 6.61 Å². The van der Waals surface area contributed by atoms with E-state index in [2.05, 4.69) is 20.4 Å². The van der Waals surface area contributed by atoms with E-state index in [9.17, 15) is 9.59 Å². The Morgan fingerprint density at radius 1 is 1.38 bits per heavy atom. The number of rotatable bonds is 4. The summed E-state index contributed by atoms with van der Waals surface area (Å²) in [4.78, 5) is 26.2. The Labute approximate surface area is 145 Å². The molecular weight excluding hydrogens is 306 g/mol. The van der Waals surface area contributed by atoms with Gasteiger partial charge < -0.3 is 9.47 Å². The monoisotopic (exact) mass is 337 g/mol. The molecule has 2 saturated heterocycles. The number of carbonyl (C=O) groups excluding carboxylic acids is 2. The first-order valence-electron chi connectivity index (χ1n) is 8.90. The SMILES string of the molecule is C=CC[C@H]1C[C@@H](C)[C@H](C)[C@H](CC(=O)N2C(=O)OC[C@@H]2C(C)(C)C)O1. The highest BCUT2D eigenvalue weighted by atomic mass is 16.6. The van der Waals surface area contributed by atoms with Gasteiger partial charge in [0.25, 0.3) is 0 Å². The van der Waals surface area contributed by atoms with E-state index in [-0.39, 0.29) is 48.5 Å². The highest BCUT2D eigenvalue weighted by Crippen LogP contribution is 2.35. The van der Waals surface area contributed by atoms with Crippen LogP contribution in [-0.4, -0.2) is 41.8 Å². The molecule has 2 heterocycles. The lowest BCUT2D eigenvalue weighted by molar-refractivity contribution is -0.143. The molecule has 2 amide bonds. The molecule has 0 N–H and O–H groups in total. The number of nitrogens with zero attached hydrogens (tertiary/aromatic N) is 1. The van der Waals surface area contributed by atoms with Gasteiger partial charge in [-0.15, -0.1) is 6.58 Å². The van der Waals surface area contributed by atoms with E-state index >= 15 is 0 Å². The molecule has 0 spiro atoms. The zero-order chi connectivity index (χ0) is 18.1. The quantitative estimate of drug-likeness (QED) is 0.733. The molecule has 0 bridgehead atoms. The Morgan fingerprint density at radius 3 is 2.62 bits per heavy atom. The number of amides is 2. The van der Waals surface area contributed by atoms with Crippen LogP contribution in [0.1, 0.15) is 53.9 Å². The van der Waals surface area contributed by atoms with Crippen LogP contribution in [0.15, 0.2) is 12.7 Å². The van der Waals surface area contributed by atoms with Crippen LogP contribution >= 0.6 is 0 Å². The molecule has 24 heavy (non-hydrogen) atoms. The molecule has 136 valence electrons. The molecule has 0 aromatic heterocycles. The molecule has 0 radical (unpaired) electrons. The van der Waals surface area contributed by atoms with Gasteiger partial charge in [-0.05, 0) is 30.1 Å². The molecule has 0 aliphatic carbocycles. The van der Waals surface area contributed by atoms with E-state index < -0.39 is 6.09 Å². The highest BCUT2D eigenvalue weighted by Gasteiger charge is 2.45. The van der Waals surface area contributed by atoms with Crippen LogP contribution in [0.25, 0.3) is 0 Å². The Hall–Kier alpha value is -1.36. The average Bonchev–Trinajstić information content (AvgIpc) is 2.86. The molecule has 5 heteroatoms. The summed E-state index contributed by atoms with van der Waals surface area (Å²) in [5, 5.41) is 0. The second-order valence-corrected chi connectivity index (χ2v) is 8.32. The molecular formula is C19H31NO4. The zero-order valence-corrected chi connectivity index (χ0v) is 15.6. The third-order valence-electron chi connectivity index (χ3n) is 5.43. The Bertz CT molecular complexity index is 496. The fraction of sp³-hybridized carbons (Fsp3) is 0.789. The summed E-state index contributed by atoms with van der Waals surface area (Å²) in [6.07, 6.45) is 3.27. The van der Waals surface area contributed by atoms with Gasteiger partial charge in [0.1, 0.15) is 6.61 Å². The molecule has 2 rings (SSSR count). The van der Waals surface area contributed by atoms with E-state index in [1.165, 1.54) is 4.90 Å². The maximum absolute atomic E-state index is 12.8. The highest BCUT2D eigenvalue weighted by molar-refractivity contribution is 5.93. The van der Waals surface area contributed by atoms with Crippen molar-refractivity contribution in [2.24, 2.45) is 17.3 Å². The predicted octanol–water partition coefficient (Wildman–Crippen LogP) is 3.78. The van der Waals surface area contributed by atoms with Gasteiger partial charge in [0.2, 0.25) is 5.91 Å². The Kier molecular flexibility index (Phi) is 5.74. The van der Waals surface area contributed by atoms with Crippen molar-refractivity contribution in [3.63, 3.8) is 0 Å². The van der Waals surface area contributed by atoms with E-state index in [0.717, 1.165) is 12.8 Å². The first-order valence-corrected chi connectivity index (χ1v) is 8.90. The van der Waals surface area contributed by atoms with Crippen molar-refractivity contribution < 1.29 is 19.1 Å². The molecule has 2 aliphatic rings. The maximum Gasteiger partial charge on any atom is 0.416 e. The summed E-state index contributed by atoms with van der Waals surface area (Å²) in [6.45, 7) is 14.4. The van der Waals surface area contributed by atoms with Gasteiger partial charge in [0.05, 0.1) is 24.7 Å². The standard InChI is InChI=1S/C19H31NO4/c1-7-8-14-9-12(2)13(3)15(24-14)10-17(21)20-16(19(4,5)6)11-23-18(20)22/h7,12-16H,1,8-11H2,2-6H3/t12-,13+,14+,15+,16-/m1/s1.